The molecule has 1 aliphatic heterocycles. The molecule has 0 saturated carbocycles. The van der Waals surface area contributed by atoms with Gasteiger partial charge in [-0.2, -0.15) is 0 Å². The van der Waals surface area contributed by atoms with Gasteiger partial charge in [0.05, 0.1) is 6.61 Å². The van der Waals surface area contributed by atoms with Gasteiger partial charge in [-0.1, -0.05) is 0 Å². The first-order valence-electron chi connectivity index (χ1n) is 5.29. The maximum Gasteiger partial charge on any atom is 0.303 e. The normalized spacial score (nSPS) is 35.9. The lowest BCUT2D eigenvalue weighted by Crippen LogP contribution is -2.59. The number of esters is 2. The summed E-state index contributed by atoms with van der Waals surface area (Å²) in [5.74, 6) is -1.55. The number of hydrogen-bond donors (Lipinski definition) is 2. The second-order valence-corrected chi connectivity index (χ2v) is 3.84. The molecule has 0 amide bonds. The molecular formula is C10H15FO7. The van der Waals surface area contributed by atoms with Gasteiger partial charge in [-0.15, -0.1) is 0 Å². The van der Waals surface area contributed by atoms with E-state index < -0.39 is 49.3 Å². The number of rotatable bonds is 3. The zero-order valence-electron chi connectivity index (χ0n) is 9.91. The topological polar surface area (TPSA) is 102 Å². The highest BCUT2D eigenvalue weighted by molar-refractivity contribution is 5.67. The van der Waals surface area contributed by atoms with Crippen molar-refractivity contribution in [3.8, 4) is 0 Å². The predicted molar refractivity (Wildman–Crippen MR) is 54.0 cm³/mol. The van der Waals surface area contributed by atoms with Gasteiger partial charge in [-0.25, -0.2) is 4.39 Å². The van der Waals surface area contributed by atoms with Crippen molar-refractivity contribution in [1.82, 2.24) is 0 Å². The van der Waals surface area contributed by atoms with Crippen LogP contribution in [0.3, 0.4) is 0 Å². The maximum atomic E-state index is 13.7. The number of carbonyl (C=O) groups excluding carboxylic acids is 2. The molecule has 8 heteroatoms. The molecule has 0 aromatic carbocycles. The lowest BCUT2D eigenvalue weighted by Gasteiger charge is -2.39. The average Bonchev–Trinajstić information content (AvgIpc) is 2.27. The molecule has 0 aromatic rings. The van der Waals surface area contributed by atoms with E-state index in [4.69, 9.17) is 14.6 Å². The van der Waals surface area contributed by atoms with Crippen LogP contribution in [-0.2, 0) is 23.8 Å². The Balaban J connectivity index is 2.92. The van der Waals surface area contributed by atoms with E-state index in [1.54, 1.807) is 0 Å². The van der Waals surface area contributed by atoms with E-state index in [0.29, 0.717) is 0 Å². The highest BCUT2D eigenvalue weighted by Crippen LogP contribution is 2.27. The lowest BCUT2D eigenvalue weighted by atomic mass is 9.99. The van der Waals surface area contributed by atoms with Crippen LogP contribution in [0.25, 0.3) is 0 Å². The van der Waals surface area contributed by atoms with Crippen molar-refractivity contribution in [2.24, 2.45) is 0 Å². The fraction of sp³-hybridized carbons (Fsp3) is 0.800. The van der Waals surface area contributed by atoms with E-state index in [1.165, 1.54) is 0 Å². The van der Waals surface area contributed by atoms with Crippen LogP contribution in [0.2, 0.25) is 0 Å². The molecule has 1 fully saturated rings. The molecule has 5 atom stereocenters. The molecule has 18 heavy (non-hydrogen) atoms. The van der Waals surface area contributed by atoms with Crippen LogP contribution in [0, 0.1) is 0 Å². The first-order chi connectivity index (χ1) is 8.36. The van der Waals surface area contributed by atoms with E-state index in [-0.39, 0.29) is 0 Å². The zero-order valence-corrected chi connectivity index (χ0v) is 9.91. The third kappa shape index (κ3) is 3.37. The smallest absolute Gasteiger partial charge is 0.303 e. The number of hydrogen-bond acceptors (Lipinski definition) is 7. The van der Waals surface area contributed by atoms with E-state index >= 15 is 0 Å². The summed E-state index contributed by atoms with van der Waals surface area (Å²) in [6.45, 7) is 1.50. The molecule has 2 N–H and O–H groups in total. The van der Waals surface area contributed by atoms with Gasteiger partial charge >= 0.3 is 11.9 Å². The summed E-state index contributed by atoms with van der Waals surface area (Å²) in [5, 5.41) is 18.3. The molecule has 0 radical (unpaired) electrons. The largest absolute Gasteiger partial charge is 0.456 e. The highest BCUT2D eigenvalue weighted by atomic mass is 19.1. The Kier molecular flexibility index (Phi) is 5.00. The third-order valence-corrected chi connectivity index (χ3v) is 2.37. The van der Waals surface area contributed by atoms with Crippen LogP contribution in [0.1, 0.15) is 13.8 Å². The summed E-state index contributed by atoms with van der Waals surface area (Å²) in [4.78, 5) is 21.8. The van der Waals surface area contributed by atoms with Crippen molar-refractivity contribution in [2.75, 3.05) is 6.61 Å². The van der Waals surface area contributed by atoms with Crippen LogP contribution in [0.15, 0.2) is 0 Å². The number of carbonyl (C=O) groups is 2. The van der Waals surface area contributed by atoms with Crippen molar-refractivity contribution in [1.29, 1.82) is 0 Å². The third-order valence-electron chi connectivity index (χ3n) is 2.37. The number of alkyl halides is 1. The summed E-state index contributed by atoms with van der Waals surface area (Å²) in [7, 11) is 0. The van der Waals surface area contributed by atoms with Crippen LogP contribution >= 0.6 is 0 Å². The van der Waals surface area contributed by atoms with Gasteiger partial charge in [0, 0.05) is 13.8 Å². The zero-order chi connectivity index (χ0) is 13.9. The van der Waals surface area contributed by atoms with Crippen molar-refractivity contribution in [2.45, 2.75) is 44.6 Å². The fourth-order valence-corrected chi connectivity index (χ4v) is 1.69. The van der Waals surface area contributed by atoms with E-state index in [2.05, 4.69) is 4.74 Å². The molecule has 7 nitrogen and oxygen atoms in total. The Labute approximate surface area is 102 Å². The summed E-state index contributed by atoms with van der Waals surface area (Å²) in [6.07, 6.45) is -7.93. The van der Waals surface area contributed by atoms with Gasteiger partial charge in [0.25, 0.3) is 0 Å². The lowest BCUT2D eigenvalue weighted by molar-refractivity contribution is -0.278. The van der Waals surface area contributed by atoms with Crippen molar-refractivity contribution in [3.05, 3.63) is 0 Å². The molecule has 0 aliphatic carbocycles. The van der Waals surface area contributed by atoms with E-state index in [0.717, 1.165) is 13.8 Å². The second-order valence-electron chi connectivity index (χ2n) is 3.84. The summed E-state index contributed by atoms with van der Waals surface area (Å²) in [5.41, 5.74) is 0. The number of halogens is 1. The SMILES string of the molecule is CC(=O)O[C@@H]1[C@@H](F)[C@@H](O)O[C@H](CO)[C@H]1OC(C)=O. The van der Waals surface area contributed by atoms with Crippen molar-refractivity contribution < 1.29 is 38.4 Å². The summed E-state index contributed by atoms with van der Waals surface area (Å²) in [6, 6.07) is 0. The molecular weight excluding hydrogens is 251 g/mol. The number of aliphatic hydroxyl groups excluding tert-OH is 2. The van der Waals surface area contributed by atoms with Crippen LogP contribution in [0.4, 0.5) is 4.39 Å². The summed E-state index contributed by atoms with van der Waals surface area (Å²) < 4.78 is 27.9. The van der Waals surface area contributed by atoms with E-state index in [9.17, 15) is 19.1 Å². The van der Waals surface area contributed by atoms with E-state index in [1.807, 2.05) is 0 Å². The Morgan fingerprint density at radius 1 is 1.22 bits per heavy atom. The van der Waals surface area contributed by atoms with Gasteiger partial charge < -0.3 is 24.4 Å². The fourth-order valence-electron chi connectivity index (χ4n) is 1.69. The number of ether oxygens (including phenoxy) is 3. The molecule has 1 heterocycles. The van der Waals surface area contributed by atoms with Gasteiger partial charge in [0.2, 0.25) is 0 Å². The standard InChI is InChI=1S/C10H15FO7/c1-4(13)16-8-6(3-12)18-10(15)7(11)9(8)17-5(2)14/h6-10,12,15H,3H2,1-2H3/t6-,7-,8-,9-,10+/m1/s1. The molecule has 0 spiro atoms. The Hall–Kier alpha value is -1.25. The van der Waals surface area contributed by atoms with Gasteiger partial charge in [0.15, 0.2) is 24.7 Å². The van der Waals surface area contributed by atoms with Crippen molar-refractivity contribution in [3.63, 3.8) is 0 Å². The Morgan fingerprint density at radius 2 is 1.72 bits per heavy atom. The quantitative estimate of drug-likeness (QED) is 0.625. The van der Waals surface area contributed by atoms with Gasteiger partial charge in [0.1, 0.15) is 6.10 Å². The highest BCUT2D eigenvalue weighted by Gasteiger charge is 2.49. The Morgan fingerprint density at radius 3 is 2.17 bits per heavy atom. The molecule has 0 unspecified atom stereocenters. The minimum Gasteiger partial charge on any atom is -0.456 e. The summed E-state index contributed by atoms with van der Waals surface area (Å²) >= 11 is 0. The second kappa shape index (κ2) is 6.07. The molecule has 104 valence electrons. The first kappa shape index (κ1) is 14.8. The van der Waals surface area contributed by atoms with Crippen molar-refractivity contribution >= 4 is 11.9 Å². The average molecular weight is 266 g/mol. The maximum absolute atomic E-state index is 13.7. The van der Waals surface area contributed by atoms with Gasteiger partial charge in [-0.05, 0) is 0 Å². The Bertz CT molecular complexity index is 305. The molecule has 1 saturated heterocycles. The monoisotopic (exact) mass is 266 g/mol. The van der Waals surface area contributed by atoms with Crippen LogP contribution < -0.4 is 0 Å². The predicted octanol–water partition coefficient (Wildman–Crippen LogP) is -1.10. The molecule has 0 aromatic heterocycles. The molecule has 1 aliphatic rings. The number of aliphatic hydroxyl groups is 2. The minimum absolute atomic E-state index is 0.626. The molecule has 0 bridgehead atoms. The first-order valence-corrected chi connectivity index (χ1v) is 5.29. The molecule has 1 rings (SSSR count). The van der Waals surface area contributed by atoms with Crippen LogP contribution in [-0.4, -0.2) is 59.5 Å². The van der Waals surface area contributed by atoms with Crippen LogP contribution in [0.5, 0.6) is 0 Å². The minimum atomic E-state index is -2.07. The van der Waals surface area contributed by atoms with Gasteiger partial charge in [-0.3, -0.25) is 9.59 Å².